The van der Waals surface area contributed by atoms with E-state index < -0.39 is 0 Å². The van der Waals surface area contributed by atoms with E-state index in [1.54, 1.807) is 0 Å². The largest absolute Gasteiger partial charge is 0.379 e. The number of rotatable bonds is 3. The molecule has 0 amide bonds. The quantitative estimate of drug-likeness (QED) is 0.662. The molecular formula is C11H22N2O2. The third kappa shape index (κ3) is 3.41. The molecule has 2 aliphatic heterocycles. The molecule has 0 aromatic heterocycles. The fourth-order valence-corrected chi connectivity index (χ4v) is 2.29. The molecule has 88 valence electrons. The molecule has 2 fully saturated rings. The van der Waals surface area contributed by atoms with Gasteiger partial charge in [-0.15, -0.1) is 0 Å². The summed E-state index contributed by atoms with van der Waals surface area (Å²) in [5.41, 5.74) is 0. The van der Waals surface area contributed by atoms with E-state index in [-0.39, 0.29) is 0 Å². The Morgan fingerprint density at radius 2 is 1.47 bits per heavy atom. The molecule has 15 heavy (non-hydrogen) atoms. The van der Waals surface area contributed by atoms with E-state index in [2.05, 4.69) is 16.7 Å². The molecule has 2 aliphatic rings. The van der Waals surface area contributed by atoms with Gasteiger partial charge in [0, 0.05) is 38.8 Å². The van der Waals surface area contributed by atoms with Gasteiger partial charge in [0.2, 0.25) is 0 Å². The van der Waals surface area contributed by atoms with E-state index in [4.69, 9.17) is 9.47 Å². The number of hydrogen-bond acceptors (Lipinski definition) is 4. The standard InChI is InChI=1S/C11H22N2O2/c1-11(13-4-8-15-9-5-13)10-12-2-6-14-7-3-12/h11H,2-10H2,1H3/t11-/m1/s1. The molecule has 0 spiro atoms. The molecule has 4 nitrogen and oxygen atoms in total. The van der Waals surface area contributed by atoms with Crippen LogP contribution in [-0.2, 0) is 9.47 Å². The van der Waals surface area contributed by atoms with Crippen LogP contribution >= 0.6 is 0 Å². The molecule has 4 heteroatoms. The first-order valence-corrected chi connectivity index (χ1v) is 5.98. The van der Waals surface area contributed by atoms with E-state index in [1.807, 2.05) is 0 Å². The van der Waals surface area contributed by atoms with Gasteiger partial charge < -0.3 is 9.47 Å². The molecule has 0 unspecified atom stereocenters. The highest BCUT2D eigenvalue weighted by Crippen LogP contribution is 2.06. The fourth-order valence-electron chi connectivity index (χ4n) is 2.29. The Hall–Kier alpha value is -0.160. The van der Waals surface area contributed by atoms with Crippen molar-refractivity contribution in [1.29, 1.82) is 0 Å². The molecule has 2 saturated heterocycles. The van der Waals surface area contributed by atoms with Gasteiger partial charge in [-0.2, -0.15) is 0 Å². The lowest BCUT2D eigenvalue weighted by Crippen LogP contribution is -2.49. The second-order valence-corrected chi connectivity index (χ2v) is 4.41. The minimum absolute atomic E-state index is 0.645. The topological polar surface area (TPSA) is 24.9 Å². The van der Waals surface area contributed by atoms with Gasteiger partial charge in [-0.1, -0.05) is 0 Å². The summed E-state index contributed by atoms with van der Waals surface area (Å²) >= 11 is 0. The van der Waals surface area contributed by atoms with Crippen molar-refractivity contribution < 1.29 is 9.47 Å². The van der Waals surface area contributed by atoms with Crippen LogP contribution in [0.4, 0.5) is 0 Å². The Morgan fingerprint density at radius 3 is 2.07 bits per heavy atom. The van der Waals surface area contributed by atoms with Crippen LogP contribution in [0.3, 0.4) is 0 Å². The van der Waals surface area contributed by atoms with Crippen molar-refractivity contribution >= 4 is 0 Å². The fraction of sp³-hybridized carbons (Fsp3) is 1.00. The van der Waals surface area contributed by atoms with Gasteiger partial charge in [0.1, 0.15) is 0 Å². The van der Waals surface area contributed by atoms with Crippen molar-refractivity contribution in [2.24, 2.45) is 0 Å². The lowest BCUT2D eigenvalue weighted by molar-refractivity contribution is -0.00525. The molecule has 2 heterocycles. The maximum absolute atomic E-state index is 5.36. The molecule has 0 aromatic carbocycles. The predicted octanol–water partition coefficient (Wildman–Crippen LogP) is 0.0393. The van der Waals surface area contributed by atoms with Crippen molar-refractivity contribution in [3.63, 3.8) is 0 Å². The van der Waals surface area contributed by atoms with Crippen LogP contribution in [0.1, 0.15) is 6.92 Å². The lowest BCUT2D eigenvalue weighted by Gasteiger charge is -2.36. The highest BCUT2D eigenvalue weighted by molar-refractivity contribution is 4.74. The number of ether oxygens (including phenoxy) is 2. The summed E-state index contributed by atoms with van der Waals surface area (Å²) in [5.74, 6) is 0. The average Bonchev–Trinajstić information content (AvgIpc) is 2.31. The lowest BCUT2D eigenvalue weighted by atomic mass is 10.2. The Morgan fingerprint density at radius 1 is 0.933 bits per heavy atom. The summed E-state index contributed by atoms with van der Waals surface area (Å²) < 4.78 is 10.7. The summed E-state index contributed by atoms with van der Waals surface area (Å²) in [6.45, 7) is 11.4. The van der Waals surface area contributed by atoms with Gasteiger partial charge in [0.05, 0.1) is 26.4 Å². The summed E-state index contributed by atoms with van der Waals surface area (Å²) in [6.07, 6.45) is 0. The van der Waals surface area contributed by atoms with Gasteiger partial charge in [0.15, 0.2) is 0 Å². The zero-order chi connectivity index (χ0) is 10.5. The van der Waals surface area contributed by atoms with Gasteiger partial charge in [0.25, 0.3) is 0 Å². The molecule has 0 N–H and O–H groups in total. The summed E-state index contributed by atoms with van der Waals surface area (Å²) in [5, 5.41) is 0. The van der Waals surface area contributed by atoms with Crippen LogP contribution in [0, 0.1) is 0 Å². The Balaban J connectivity index is 1.72. The molecule has 0 saturated carbocycles. The van der Waals surface area contributed by atoms with Crippen molar-refractivity contribution in [1.82, 2.24) is 9.80 Å². The first kappa shape index (κ1) is 11.3. The van der Waals surface area contributed by atoms with Gasteiger partial charge in [-0.25, -0.2) is 0 Å². The normalized spacial score (nSPS) is 27.8. The zero-order valence-corrected chi connectivity index (χ0v) is 9.65. The third-order valence-electron chi connectivity index (χ3n) is 3.30. The van der Waals surface area contributed by atoms with Crippen LogP contribution in [0.15, 0.2) is 0 Å². The van der Waals surface area contributed by atoms with E-state index >= 15 is 0 Å². The minimum atomic E-state index is 0.645. The summed E-state index contributed by atoms with van der Waals surface area (Å²) in [4.78, 5) is 5.03. The maximum atomic E-state index is 5.36. The first-order valence-electron chi connectivity index (χ1n) is 5.98. The van der Waals surface area contributed by atoms with Crippen molar-refractivity contribution in [3.05, 3.63) is 0 Å². The minimum Gasteiger partial charge on any atom is -0.379 e. The van der Waals surface area contributed by atoms with Crippen LogP contribution in [0.2, 0.25) is 0 Å². The molecular weight excluding hydrogens is 192 g/mol. The second kappa shape index (κ2) is 5.80. The molecule has 0 radical (unpaired) electrons. The van der Waals surface area contributed by atoms with E-state index in [9.17, 15) is 0 Å². The molecule has 0 bridgehead atoms. The zero-order valence-electron chi connectivity index (χ0n) is 9.65. The first-order chi connectivity index (χ1) is 7.36. The van der Waals surface area contributed by atoms with E-state index in [1.165, 1.54) is 6.54 Å². The summed E-state index contributed by atoms with van der Waals surface area (Å²) in [6, 6.07) is 0.645. The molecule has 1 atom stereocenters. The number of morpholine rings is 2. The highest BCUT2D eigenvalue weighted by atomic mass is 16.5. The maximum Gasteiger partial charge on any atom is 0.0594 e. The van der Waals surface area contributed by atoms with Crippen LogP contribution in [-0.4, -0.2) is 75.0 Å². The molecule has 2 rings (SSSR count). The number of hydrogen-bond donors (Lipinski definition) is 0. The van der Waals surface area contributed by atoms with E-state index in [0.29, 0.717) is 6.04 Å². The SMILES string of the molecule is C[C@H](CN1CCOCC1)N1CCOCC1. The Bertz CT molecular complexity index is 177. The smallest absolute Gasteiger partial charge is 0.0594 e. The highest BCUT2D eigenvalue weighted by Gasteiger charge is 2.20. The second-order valence-electron chi connectivity index (χ2n) is 4.41. The predicted molar refractivity (Wildman–Crippen MR) is 59.1 cm³/mol. The van der Waals surface area contributed by atoms with Crippen LogP contribution in [0.5, 0.6) is 0 Å². The number of nitrogens with zero attached hydrogens (tertiary/aromatic N) is 2. The van der Waals surface area contributed by atoms with Crippen molar-refractivity contribution in [2.45, 2.75) is 13.0 Å². The Labute approximate surface area is 92.1 Å². The summed E-state index contributed by atoms with van der Waals surface area (Å²) in [7, 11) is 0. The van der Waals surface area contributed by atoms with Crippen molar-refractivity contribution in [3.8, 4) is 0 Å². The monoisotopic (exact) mass is 214 g/mol. The third-order valence-corrected chi connectivity index (χ3v) is 3.30. The van der Waals surface area contributed by atoms with Crippen LogP contribution < -0.4 is 0 Å². The van der Waals surface area contributed by atoms with Crippen LogP contribution in [0.25, 0.3) is 0 Å². The Kier molecular flexibility index (Phi) is 4.38. The van der Waals surface area contributed by atoms with Crippen molar-refractivity contribution in [2.75, 3.05) is 59.2 Å². The molecule has 0 aliphatic carbocycles. The van der Waals surface area contributed by atoms with Gasteiger partial charge in [-0.05, 0) is 6.92 Å². The average molecular weight is 214 g/mol. The molecule has 0 aromatic rings. The van der Waals surface area contributed by atoms with E-state index in [0.717, 1.165) is 52.6 Å². The van der Waals surface area contributed by atoms with Gasteiger partial charge >= 0.3 is 0 Å². The van der Waals surface area contributed by atoms with Gasteiger partial charge in [-0.3, -0.25) is 9.80 Å².